The molecule has 1 aliphatic heterocycles. The van der Waals surface area contributed by atoms with Crippen LogP contribution in [0.1, 0.15) is 18.4 Å². The van der Waals surface area contributed by atoms with Crippen molar-refractivity contribution in [3.63, 3.8) is 0 Å². The molecule has 1 aromatic carbocycles. The number of amides is 3. The largest absolute Gasteiger partial charge is 0.348 e. The molecule has 2 fully saturated rings. The number of rotatable bonds is 6. The van der Waals surface area contributed by atoms with Crippen LogP contribution in [0.4, 0.5) is 5.95 Å². The van der Waals surface area contributed by atoms with E-state index >= 15 is 0 Å². The highest BCUT2D eigenvalue weighted by molar-refractivity contribution is 5.92. The minimum Gasteiger partial charge on any atom is -0.348 e. The second-order valence-corrected chi connectivity index (χ2v) is 8.98. The molecule has 0 radical (unpaired) electrons. The van der Waals surface area contributed by atoms with Crippen molar-refractivity contribution >= 4 is 29.3 Å². The molecule has 1 saturated heterocycles. The number of benzene rings is 1. The number of likely N-dealkylation sites (tertiary alicyclic amines) is 1. The van der Waals surface area contributed by atoms with E-state index in [9.17, 15) is 14.4 Å². The van der Waals surface area contributed by atoms with E-state index in [1.165, 1.54) is 0 Å². The Kier molecular flexibility index (Phi) is 5.32. The van der Waals surface area contributed by atoms with E-state index in [1.807, 2.05) is 42.5 Å². The average molecular weight is 447 g/mol. The van der Waals surface area contributed by atoms with Crippen LogP contribution in [0.2, 0.25) is 0 Å². The third-order valence-corrected chi connectivity index (χ3v) is 6.17. The zero-order chi connectivity index (χ0) is 23.1. The Hall–Kier alpha value is -3.75. The number of fused-ring (bicyclic) bond motifs is 1. The summed E-state index contributed by atoms with van der Waals surface area (Å²) < 4.78 is 1.71. The SMILES string of the molecule is CN(C)C(=O)C1CN(C(=O)Cc2ccc(-c3cccc4nc(NC(=O)C5CC5)nn34)cc2)C1. The van der Waals surface area contributed by atoms with Gasteiger partial charge in [0.25, 0.3) is 0 Å². The topological polar surface area (TPSA) is 99.9 Å². The lowest BCUT2D eigenvalue weighted by molar-refractivity contribution is -0.146. The van der Waals surface area contributed by atoms with Gasteiger partial charge in [0.15, 0.2) is 5.65 Å². The number of hydrogen-bond donors (Lipinski definition) is 1. The minimum atomic E-state index is -0.0894. The Bertz CT molecular complexity index is 1220. The van der Waals surface area contributed by atoms with Crippen LogP contribution in [0.3, 0.4) is 0 Å². The standard InChI is InChI=1S/C24H26N6O3/c1-28(2)23(33)18-13-29(14-18)21(31)12-15-6-8-16(9-7-15)19-4-3-5-20-25-24(27-30(19)20)26-22(32)17-10-11-17/h3-9,17-18H,10-14H2,1-2H3,(H,26,27,32). The fourth-order valence-corrected chi connectivity index (χ4v) is 4.02. The molecule has 33 heavy (non-hydrogen) atoms. The van der Waals surface area contributed by atoms with Gasteiger partial charge in [-0.25, -0.2) is 4.52 Å². The number of carbonyl (C=O) groups is 3. The first-order valence-corrected chi connectivity index (χ1v) is 11.1. The molecular formula is C24H26N6O3. The van der Waals surface area contributed by atoms with Crippen LogP contribution in [-0.2, 0) is 20.8 Å². The van der Waals surface area contributed by atoms with Crippen molar-refractivity contribution in [1.29, 1.82) is 0 Å². The lowest BCUT2D eigenvalue weighted by atomic mass is 9.97. The van der Waals surface area contributed by atoms with Crippen molar-refractivity contribution in [1.82, 2.24) is 24.4 Å². The van der Waals surface area contributed by atoms with E-state index in [-0.39, 0.29) is 29.6 Å². The third-order valence-electron chi connectivity index (χ3n) is 6.17. The van der Waals surface area contributed by atoms with Gasteiger partial charge < -0.3 is 9.80 Å². The summed E-state index contributed by atoms with van der Waals surface area (Å²) in [6, 6.07) is 13.5. The summed E-state index contributed by atoms with van der Waals surface area (Å²) in [6.07, 6.45) is 2.14. The van der Waals surface area contributed by atoms with Crippen LogP contribution in [0.15, 0.2) is 42.5 Å². The number of nitrogens with zero attached hydrogens (tertiary/aromatic N) is 5. The first kappa shape index (κ1) is 21.1. The quantitative estimate of drug-likeness (QED) is 0.623. The van der Waals surface area contributed by atoms with Gasteiger partial charge in [-0.2, -0.15) is 4.98 Å². The van der Waals surface area contributed by atoms with Crippen LogP contribution in [0, 0.1) is 11.8 Å². The molecule has 2 aliphatic rings. The second kappa shape index (κ2) is 8.31. The normalized spacial score (nSPS) is 15.9. The predicted octanol–water partition coefficient (Wildman–Crippen LogP) is 1.83. The summed E-state index contributed by atoms with van der Waals surface area (Å²) in [6.45, 7) is 0.976. The average Bonchev–Trinajstić information content (AvgIpc) is 3.53. The third kappa shape index (κ3) is 4.30. The Balaban J connectivity index is 1.26. The Morgan fingerprint density at radius 3 is 2.42 bits per heavy atom. The van der Waals surface area contributed by atoms with Crippen LogP contribution in [0.25, 0.3) is 16.9 Å². The van der Waals surface area contributed by atoms with Gasteiger partial charge in [0.1, 0.15) is 0 Å². The molecule has 0 unspecified atom stereocenters. The molecule has 2 aromatic heterocycles. The van der Waals surface area contributed by atoms with Crippen molar-refractivity contribution < 1.29 is 14.4 Å². The van der Waals surface area contributed by atoms with Gasteiger partial charge in [0, 0.05) is 38.7 Å². The van der Waals surface area contributed by atoms with Gasteiger partial charge in [-0.1, -0.05) is 30.3 Å². The van der Waals surface area contributed by atoms with Crippen molar-refractivity contribution in [2.24, 2.45) is 11.8 Å². The molecule has 0 spiro atoms. The van der Waals surface area contributed by atoms with E-state index in [4.69, 9.17) is 0 Å². The number of carbonyl (C=O) groups excluding carboxylic acids is 3. The number of nitrogens with one attached hydrogen (secondary N) is 1. The second-order valence-electron chi connectivity index (χ2n) is 8.98. The molecule has 1 N–H and O–H groups in total. The summed E-state index contributed by atoms with van der Waals surface area (Å²) >= 11 is 0. The van der Waals surface area contributed by atoms with E-state index in [0.717, 1.165) is 29.7 Å². The smallest absolute Gasteiger partial charge is 0.249 e. The minimum absolute atomic E-state index is 0.0268. The van der Waals surface area contributed by atoms with Crippen molar-refractivity contribution in [3.05, 3.63) is 48.0 Å². The molecule has 3 amide bonds. The summed E-state index contributed by atoms with van der Waals surface area (Å²) in [5.41, 5.74) is 3.34. The Labute approximate surface area is 191 Å². The van der Waals surface area contributed by atoms with E-state index in [0.29, 0.717) is 31.1 Å². The monoisotopic (exact) mass is 446 g/mol. The Morgan fingerprint density at radius 2 is 1.76 bits per heavy atom. The van der Waals surface area contributed by atoms with Crippen LogP contribution >= 0.6 is 0 Å². The fourth-order valence-electron chi connectivity index (χ4n) is 4.02. The maximum absolute atomic E-state index is 12.5. The van der Waals surface area contributed by atoms with Crippen molar-refractivity contribution in [2.45, 2.75) is 19.3 Å². The maximum Gasteiger partial charge on any atom is 0.249 e. The summed E-state index contributed by atoms with van der Waals surface area (Å²) in [5, 5.41) is 7.26. The first-order valence-electron chi connectivity index (χ1n) is 11.1. The number of pyridine rings is 1. The van der Waals surface area contributed by atoms with Gasteiger partial charge in [-0.15, -0.1) is 5.10 Å². The summed E-state index contributed by atoms with van der Waals surface area (Å²) in [4.78, 5) is 44.3. The maximum atomic E-state index is 12.5. The molecule has 1 aliphatic carbocycles. The van der Waals surface area contributed by atoms with Gasteiger partial charge in [0.05, 0.1) is 18.0 Å². The van der Waals surface area contributed by atoms with Crippen molar-refractivity contribution in [2.75, 3.05) is 32.5 Å². The lowest BCUT2D eigenvalue weighted by Crippen LogP contribution is -2.55. The van der Waals surface area contributed by atoms with Crippen LogP contribution in [0.5, 0.6) is 0 Å². The molecule has 9 nitrogen and oxygen atoms in total. The molecule has 170 valence electrons. The molecule has 0 atom stereocenters. The van der Waals surface area contributed by atoms with Crippen LogP contribution < -0.4 is 5.32 Å². The molecule has 0 bridgehead atoms. The highest BCUT2D eigenvalue weighted by Crippen LogP contribution is 2.30. The van der Waals surface area contributed by atoms with Gasteiger partial charge in [0.2, 0.25) is 23.7 Å². The van der Waals surface area contributed by atoms with E-state index in [2.05, 4.69) is 15.4 Å². The molecule has 3 aromatic rings. The van der Waals surface area contributed by atoms with Crippen LogP contribution in [-0.4, -0.2) is 69.3 Å². The zero-order valence-electron chi connectivity index (χ0n) is 18.7. The van der Waals surface area contributed by atoms with Gasteiger partial charge in [-0.3, -0.25) is 19.7 Å². The van der Waals surface area contributed by atoms with Gasteiger partial charge >= 0.3 is 0 Å². The molecule has 9 heteroatoms. The molecular weight excluding hydrogens is 420 g/mol. The highest BCUT2D eigenvalue weighted by Gasteiger charge is 2.36. The highest BCUT2D eigenvalue weighted by atomic mass is 16.2. The molecule has 1 saturated carbocycles. The number of aromatic nitrogens is 3. The predicted molar refractivity (Wildman–Crippen MR) is 122 cm³/mol. The van der Waals surface area contributed by atoms with Crippen molar-refractivity contribution in [3.8, 4) is 11.3 Å². The Morgan fingerprint density at radius 1 is 1.03 bits per heavy atom. The van der Waals surface area contributed by atoms with E-state index < -0.39 is 0 Å². The number of anilines is 1. The lowest BCUT2D eigenvalue weighted by Gasteiger charge is -2.39. The molecule has 5 rings (SSSR count). The summed E-state index contributed by atoms with van der Waals surface area (Å²) in [5.74, 6) is 0.375. The summed E-state index contributed by atoms with van der Waals surface area (Å²) in [7, 11) is 3.47. The first-order chi connectivity index (χ1) is 15.9. The number of hydrogen-bond acceptors (Lipinski definition) is 5. The molecule has 3 heterocycles. The van der Waals surface area contributed by atoms with Gasteiger partial charge in [-0.05, 0) is 30.5 Å². The van der Waals surface area contributed by atoms with E-state index in [1.54, 1.807) is 28.4 Å². The zero-order valence-corrected chi connectivity index (χ0v) is 18.7. The fraction of sp³-hybridized carbons (Fsp3) is 0.375.